The fourth-order valence-electron chi connectivity index (χ4n) is 3.20. The van der Waals surface area contributed by atoms with Crippen LogP contribution in [-0.2, 0) is 0 Å². The van der Waals surface area contributed by atoms with Gasteiger partial charge >= 0.3 is 0 Å². The normalized spacial score (nSPS) is 26.6. The molecule has 2 rings (SSSR count). The van der Waals surface area contributed by atoms with Gasteiger partial charge in [-0.1, -0.05) is 36.7 Å². The molecule has 1 saturated carbocycles. The molecule has 0 bridgehead atoms. The lowest BCUT2D eigenvalue weighted by atomic mass is 9.67. The molecule has 0 aliphatic heterocycles. The SMILES string of the molecule is CC(C)(C)C1CCC(O)C(CCOc2ccc(Br)cc2)C1. The summed E-state index contributed by atoms with van der Waals surface area (Å²) in [5.41, 5.74) is 0.338. The molecule has 0 heterocycles. The summed E-state index contributed by atoms with van der Waals surface area (Å²) in [5.74, 6) is 1.98. The Balaban J connectivity index is 1.82. The Bertz CT molecular complexity index is 436. The predicted molar refractivity (Wildman–Crippen MR) is 90.5 cm³/mol. The zero-order valence-electron chi connectivity index (χ0n) is 13.3. The maximum atomic E-state index is 10.2. The Morgan fingerprint density at radius 2 is 1.86 bits per heavy atom. The third kappa shape index (κ3) is 5.00. The zero-order chi connectivity index (χ0) is 15.5. The minimum atomic E-state index is -0.155. The Labute approximate surface area is 137 Å². The van der Waals surface area contributed by atoms with E-state index in [1.54, 1.807) is 0 Å². The van der Waals surface area contributed by atoms with Crippen LogP contribution in [0.1, 0.15) is 46.5 Å². The minimum absolute atomic E-state index is 0.155. The van der Waals surface area contributed by atoms with E-state index in [1.165, 1.54) is 0 Å². The van der Waals surface area contributed by atoms with Gasteiger partial charge in [0.25, 0.3) is 0 Å². The lowest BCUT2D eigenvalue weighted by Gasteiger charge is -2.40. The quantitative estimate of drug-likeness (QED) is 0.820. The van der Waals surface area contributed by atoms with E-state index < -0.39 is 0 Å². The van der Waals surface area contributed by atoms with Crippen molar-refractivity contribution in [1.29, 1.82) is 0 Å². The second kappa shape index (κ2) is 7.15. The average molecular weight is 355 g/mol. The van der Waals surface area contributed by atoms with Crippen molar-refractivity contribution in [2.24, 2.45) is 17.3 Å². The summed E-state index contributed by atoms with van der Waals surface area (Å²) in [5, 5.41) is 10.2. The van der Waals surface area contributed by atoms with Gasteiger partial charge in [-0.25, -0.2) is 0 Å². The second-order valence-corrected chi connectivity index (χ2v) is 8.21. The highest BCUT2D eigenvalue weighted by atomic mass is 79.9. The van der Waals surface area contributed by atoms with Crippen LogP contribution in [0.3, 0.4) is 0 Å². The topological polar surface area (TPSA) is 29.5 Å². The van der Waals surface area contributed by atoms with E-state index in [4.69, 9.17) is 4.74 Å². The molecular formula is C18H27BrO2. The van der Waals surface area contributed by atoms with Gasteiger partial charge < -0.3 is 9.84 Å². The highest BCUT2D eigenvalue weighted by Crippen LogP contribution is 2.41. The fourth-order valence-corrected chi connectivity index (χ4v) is 3.47. The molecule has 0 spiro atoms. The Morgan fingerprint density at radius 1 is 1.19 bits per heavy atom. The molecule has 1 aliphatic rings. The molecule has 0 radical (unpaired) electrons. The number of aliphatic hydroxyl groups is 1. The van der Waals surface area contributed by atoms with E-state index in [-0.39, 0.29) is 6.10 Å². The fraction of sp³-hybridized carbons (Fsp3) is 0.667. The number of hydrogen-bond donors (Lipinski definition) is 1. The molecule has 3 atom stereocenters. The van der Waals surface area contributed by atoms with Crippen LogP contribution in [0.4, 0.5) is 0 Å². The molecule has 21 heavy (non-hydrogen) atoms. The third-order valence-electron chi connectivity index (χ3n) is 4.74. The molecule has 1 N–H and O–H groups in total. The van der Waals surface area contributed by atoms with E-state index in [0.717, 1.165) is 35.9 Å². The van der Waals surface area contributed by atoms with Crippen molar-refractivity contribution in [2.75, 3.05) is 6.61 Å². The van der Waals surface area contributed by atoms with Gasteiger partial charge in [0.05, 0.1) is 12.7 Å². The van der Waals surface area contributed by atoms with Gasteiger partial charge in [0.1, 0.15) is 5.75 Å². The summed E-state index contributed by atoms with van der Waals surface area (Å²) in [6, 6.07) is 7.92. The first-order valence-electron chi connectivity index (χ1n) is 7.92. The van der Waals surface area contributed by atoms with Crippen molar-refractivity contribution < 1.29 is 9.84 Å². The molecule has 3 heteroatoms. The lowest BCUT2D eigenvalue weighted by Crippen LogP contribution is -2.35. The van der Waals surface area contributed by atoms with E-state index in [1.807, 2.05) is 24.3 Å². The molecule has 0 amide bonds. The molecule has 1 aromatic rings. The highest BCUT2D eigenvalue weighted by molar-refractivity contribution is 9.10. The van der Waals surface area contributed by atoms with Crippen LogP contribution in [0.5, 0.6) is 5.75 Å². The van der Waals surface area contributed by atoms with Crippen molar-refractivity contribution in [3.05, 3.63) is 28.7 Å². The van der Waals surface area contributed by atoms with E-state index in [9.17, 15) is 5.11 Å². The van der Waals surface area contributed by atoms with Gasteiger partial charge in [-0.15, -0.1) is 0 Å². The molecule has 118 valence electrons. The zero-order valence-corrected chi connectivity index (χ0v) is 14.9. The number of hydrogen-bond acceptors (Lipinski definition) is 2. The summed E-state index contributed by atoms with van der Waals surface area (Å²) in [7, 11) is 0. The van der Waals surface area contributed by atoms with E-state index in [2.05, 4.69) is 36.7 Å². The standard InChI is InChI=1S/C18H27BrO2/c1-18(2,3)14-4-9-17(20)13(12-14)10-11-21-16-7-5-15(19)6-8-16/h5-8,13-14,17,20H,4,9-12H2,1-3H3. The van der Waals surface area contributed by atoms with Crippen LogP contribution in [0.25, 0.3) is 0 Å². The van der Waals surface area contributed by atoms with Gasteiger partial charge in [0.2, 0.25) is 0 Å². The molecule has 0 saturated heterocycles. The first kappa shape index (κ1) is 16.8. The highest BCUT2D eigenvalue weighted by Gasteiger charge is 2.34. The Kier molecular flexibility index (Phi) is 5.73. The van der Waals surface area contributed by atoms with Crippen molar-refractivity contribution in [3.8, 4) is 5.75 Å². The lowest BCUT2D eigenvalue weighted by molar-refractivity contribution is 0.0105. The Hall–Kier alpha value is -0.540. The summed E-state index contributed by atoms with van der Waals surface area (Å²) in [6.07, 6.45) is 3.98. The van der Waals surface area contributed by atoms with Crippen molar-refractivity contribution in [1.82, 2.24) is 0 Å². The number of aliphatic hydroxyl groups excluding tert-OH is 1. The molecule has 3 unspecified atom stereocenters. The molecule has 1 fully saturated rings. The monoisotopic (exact) mass is 354 g/mol. The Morgan fingerprint density at radius 3 is 2.48 bits per heavy atom. The van der Waals surface area contributed by atoms with Gasteiger partial charge in [0, 0.05) is 4.47 Å². The van der Waals surface area contributed by atoms with Crippen LogP contribution in [-0.4, -0.2) is 17.8 Å². The maximum Gasteiger partial charge on any atom is 0.119 e. The van der Waals surface area contributed by atoms with Crippen molar-refractivity contribution >= 4 is 15.9 Å². The van der Waals surface area contributed by atoms with Crippen molar-refractivity contribution in [2.45, 2.75) is 52.6 Å². The second-order valence-electron chi connectivity index (χ2n) is 7.29. The number of rotatable bonds is 4. The minimum Gasteiger partial charge on any atom is -0.494 e. The molecular weight excluding hydrogens is 328 g/mol. The van der Waals surface area contributed by atoms with E-state index >= 15 is 0 Å². The van der Waals surface area contributed by atoms with Crippen LogP contribution >= 0.6 is 15.9 Å². The smallest absolute Gasteiger partial charge is 0.119 e. The largest absolute Gasteiger partial charge is 0.494 e. The first-order valence-corrected chi connectivity index (χ1v) is 8.72. The summed E-state index contributed by atoms with van der Waals surface area (Å²) < 4.78 is 6.86. The summed E-state index contributed by atoms with van der Waals surface area (Å²) >= 11 is 3.42. The van der Waals surface area contributed by atoms with Crippen LogP contribution in [0.15, 0.2) is 28.7 Å². The number of ether oxygens (including phenoxy) is 1. The van der Waals surface area contributed by atoms with Crippen LogP contribution in [0.2, 0.25) is 0 Å². The maximum absolute atomic E-state index is 10.2. The number of benzene rings is 1. The summed E-state index contributed by atoms with van der Waals surface area (Å²) in [6.45, 7) is 7.61. The molecule has 2 nitrogen and oxygen atoms in total. The third-order valence-corrected chi connectivity index (χ3v) is 5.27. The predicted octanol–water partition coefficient (Wildman–Crippen LogP) is 5.04. The number of halogens is 1. The summed E-state index contributed by atoms with van der Waals surface area (Å²) in [4.78, 5) is 0. The van der Waals surface area contributed by atoms with Crippen molar-refractivity contribution in [3.63, 3.8) is 0 Å². The average Bonchev–Trinajstić information content (AvgIpc) is 2.42. The van der Waals surface area contributed by atoms with Gasteiger partial charge in [0.15, 0.2) is 0 Å². The van der Waals surface area contributed by atoms with Gasteiger partial charge in [-0.05, 0) is 67.2 Å². The molecule has 1 aromatic carbocycles. The van der Waals surface area contributed by atoms with Gasteiger partial charge in [-0.2, -0.15) is 0 Å². The van der Waals surface area contributed by atoms with Crippen LogP contribution in [0, 0.1) is 17.3 Å². The van der Waals surface area contributed by atoms with E-state index in [0.29, 0.717) is 23.9 Å². The van der Waals surface area contributed by atoms with Crippen LogP contribution < -0.4 is 4.74 Å². The molecule has 1 aliphatic carbocycles. The first-order chi connectivity index (χ1) is 9.86. The molecule has 0 aromatic heterocycles. The van der Waals surface area contributed by atoms with Gasteiger partial charge in [-0.3, -0.25) is 0 Å².